The molecule has 0 spiro atoms. The summed E-state index contributed by atoms with van der Waals surface area (Å²) in [6.45, 7) is 7.29. The molecule has 0 bridgehead atoms. The van der Waals surface area contributed by atoms with Crippen LogP contribution in [0, 0.1) is 0 Å². The van der Waals surface area contributed by atoms with Crippen molar-refractivity contribution in [3.05, 3.63) is 48.0 Å². The van der Waals surface area contributed by atoms with E-state index in [1.54, 1.807) is 7.11 Å². The molecule has 0 aliphatic rings. The van der Waals surface area contributed by atoms with Gasteiger partial charge in [-0.05, 0) is 38.5 Å². The van der Waals surface area contributed by atoms with Crippen LogP contribution in [0.4, 0.5) is 0 Å². The lowest BCUT2D eigenvalue weighted by molar-refractivity contribution is 0.413. The molecule has 1 atom stereocenters. The van der Waals surface area contributed by atoms with Crippen LogP contribution in [-0.2, 0) is 6.54 Å². The smallest absolute Gasteiger partial charge is 0.119 e. The van der Waals surface area contributed by atoms with Crippen LogP contribution in [0.2, 0.25) is 0 Å². The van der Waals surface area contributed by atoms with Gasteiger partial charge in [-0.2, -0.15) is 0 Å². The van der Waals surface area contributed by atoms with Gasteiger partial charge in [-0.15, -0.1) is 0 Å². The molecule has 20 heavy (non-hydrogen) atoms. The van der Waals surface area contributed by atoms with Gasteiger partial charge in [0.05, 0.1) is 19.1 Å². The molecule has 4 nitrogen and oxygen atoms in total. The number of rotatable bonds is 6. The molecule has 2 aromatic rings. The molecule has 1 N–H and O–H groups in total. The molecule has 4 heteroatoms. The molecule has 0 amide bonds. The monoisotopic (exact) mass is 273 g/mol. The van der Waals surface area contributed by atoms with E-state index in [1.165, 1.54) is 11.3 Å². The Hall–Kier alpha value is -1.81. The number of hydrogen-bond donors (Lipinski definition) is 1. The molecule has 0 saturated carbocycles. The molecule has 0 aliphatic heterocycles. The van der Waals surface area contributed by atoms with E-state index in [9.17, 15) is 0 Å². The van der Waals surface area contributed by atoms with Gasteiger partial charge in [-0.3, -0.25) is 0 Å². The maximum atomic E-state index is 5.26. The summed E-state index contributed by atoms with van der Waals surface area (Å²) < 4.78 is 7.45. The fourth-order valence-electron chi connectivity index (χ4n) is 2.22. The lowest BCUT2D eigenvalue weighted by Crippen LogP contribution is -2.20. The van der Waals surface area contributed by atoms with Gasteiger partial charge in [-0.1, -0.05) is 12.1 Å². The second-order valence-corrected chi connectivity index (χ2v) is 5.27. The van der Waals surface area contributed by atoms with Crippen molar-refractivity contribution in [2.45, 2.75) is 39.4 Å². The minimum absolute atomic E-state index is 0.264. The molecule has 1 heterocycles. The van der Waals surface area contributed by atoms with Crippen molar-refractivity contribution in [2.24, 2.45) is 0 Å². The van der Waals surface area contributed by atoms with Crippen LogP contribution in [0.15, 0.2) is 36.8 Å². The van der Waals surface area contributed by atoms with Crippen LogP contribution in [0.25, 0.3) is 0 Å². The average molecular weight is 273 g/mol. The highest BCUT2D eigenvalue weighted by molar-refractivity contribution is 5.30. The quantitative estimate of drug-likeness (QED) is 0.877. The summed E-state index contributed by atoms with van der Waals surface area (Å²) in [7, 11) is 1.69. The first-order valence-corrected chi connectivity index (χ1v) is 7.00. The zero-order valence-electron chi connectivity index (χ0n) is 12.6. The lowest BCUT2D eigenvalue weighted by Gasteiger charge is -2.17. The summed E-state index contributed by atoms with van der Waals surface area (Å²) in [4.78, 5) is 4.22. The summed E-state index contributed by atoms with van der Waals surface area (Å²) in [5, 5.41) is 3.53. The average Bonchev–Trinajstić information content (AvgIpc) is 2.93. The molecule has 2 rings (SSSR count). The first kappa shape index (κ1) is 14.6. The van der Waals surface area contributed by atoms with Crippen molar-refractivity contribution < 1.29 is 4.74 Å². The van der Waals surface area contributed by atoms with Gasteiger partial charge >= 0.3 is 0 Å². The summed E-state index contributed by atoms with van der Waals surface area (Å²) in [5.74, 6) is 0.892. The fraction of sp³-hybridized carbons (Fsp3) is 0.438. The van der Waals surface area contributed by atoms with Crippen LogP contribution in [-0.4, -0.2) is 16.7 Å². The summed E-state index contributed by atoms with van der Waals surface area (Å²) >= 11 is 0. The second-order valence-electron chi connectivity index (χ2n) is 5.27. The van der Waals surface area contributed by atoms with E-state index in [1.807, 2.05) is 24.7 Å². The molecule has 1 aromatic heterocycles. The summed E-state index contributed by atoms with van der Waals surface area (Å²) in [6.07, 6.45) is 3.81. The largest absolute Gasteiger partial charge is 0.497 e. The number of benzene rings is 1. The molecule has 0 saturated heterocycles. The molecule has 0 aliphatic carbocycles. The van der Waals surface area contributed by atoms with E-state index in [4.69, 9.17) is 4.74 Å². The predicted molar refractivity (Wildman–Crippen MR) is 80.9 cm³/mol. The Kier molecular flexibility index (Phi) is 4.79. The molecular weight excluding hydrogens is 250 g/mol. The predicted octanol–water partition coefficient (Wildman–Crippen LogP) is 3.32. The van der Waals surface area contributed by atoms with Gasteiger partial charge in [-0.25, -0.2) is 4.98 Å². The summed E-state index contributed by atoms with van der Waals surface area (Å²) in [5.41, 5.74) is 2.43. The summed E-state index contributed by atoms with van der Waals surface area (Å²) in [6, 6.07) is 8.86. The number of ether oxygens (including phenoxy) is 1. The van der Waals surface area contributed by atoms with Crippen molar-refractivity contribution in [3.63, 3.8) is 0 Å². The Balaban J connectivity index is 2.01. The van der Waals surface area contributed by atoms with Crippen molar-refractivity contribution in [1.29, 1.82) is 0 Å². The standard InChI is InChI=1S/C16H23N3O/c1-12(2)19-11-17-9-15(19)10-18-13(3)14-6-5-7-16(8-14)20-4/h5-9,11-13,18H,10H2,1-4H3/t13-/m1/s1. The number of hydrogen-bond acceptors (Lipinski definition) is 3. The van der Waals surface area contributed by atoms with E-state index in [0.717, 1.165) is 12.3 Å². The topological polar surface area (TPSA) is 39.1 Å². The van der Waals surface area contributed by atoms with Crippen molar-refractivity contribution in [3.8, 4) is 5.75 Å². The van der Waals surface area contributed by atoms with Gasteiger partial charge in [0.2, 0.25) is 0 Å². The van der Waals surface area contributed by atoms with E-state index in [0.29, 0.717) is 6.04 Å². The van der Waals surface area contributed by atoms with Crippen LogP contribution in [0.5, 0.6) is 5.75 Å². The highest BCUT2D eigenvalue weighted by atomic mass is 16.5. The SMILES string of the molecule is COc1cccc([C@@H](C)NCc2cncn2C(C)C)c1. The van der Waals surface area contributed by atoms with Crippen LogP contribution < -0.4 is 10.1 Å². The van der Waals surface area contributed by atoms with Crippen molar-refractivity contribution in [2.75, 3.05) is 7.11 Å². The fourth-order valence-corrected chi connectivity index (χ4v) is 2.22. The number of methoxy groups -OCH3 is 1. The van der Waals surface area contributed by atoms with Crippen molar-refractivity contribution in [1.82, 2.24) is 14.9 Å². The Morgan fingerprint density at radius 3 is 2.80 bits per heavy atom. The molecule has 0 radical (unpaired) electrons. The van der Waals surface area contributed by atoms with Gasteiger partial charge in [0.15, 0.2) is 0 Å². The van der Waals surface area contributed by atoms with Crippen LogP contribution >= 0.6 is 0 Å². The number of aromatic nitrogens is 2. The highest BCUT2D eigenvalue weighted by Crippen LogP contribution is 2.19. The maximum absolute atomic E-state index is 5.26. The molecule has 0 fully saturated rings. The Bertz CT molecular complexity index is 548. The first-order valence-electron chi connectivity index (χ1n) is 7.00. The third-order valence-electron chi connectivity index (χ3n) is 3.49. The zero-order valence-corrected chi connectivity index (χ0v) is 12.6. The third kappa shape index (κ3) is 3.39. The zero-order chi connectivity index (χ0) is 14.5. The number of imidazole rings is 1. The Labute approximate surface area is 120 Å². The van der Waals surface area contributed by atoms with E-state index < -0.39 is 0 Å². The molecular formula is C16H23N3O. The van der Waals surface area contributed by atoms with Crippen LogP contribution in [0.3, 0.4) is 0 Å². The molecule has 1 aromatic carbocycles. The molecule has 108 valence electrons. The second kappa shape index (κ2) is 6.57. The normalized spacial score (nSPS) is 12.7. The van der Waals surface area contributed by atoms with Crippen molar-refractivity contribution >= 4 is 0 Å². The highest BCUT2D eigenvalue weighted by Gasteiger charge is 2.09. The van der Waals surface area contributed by atoms with Gasteiger partial charge in [0, 0.05) is 24.8 Å². The van der Waals surface area contributed by atoms with Gasteiger partial charge < -0.3 is 14.6 Å². The third-order valence-corrected chi connectivity index (χ3v) is 3.49. The number of nitrogens with one attached hydrogen (secondary N) is 1. The number of nitrogens with zero attached hydrogens (tertiary/aromatic N) is 2. The van der Waals surface area contributed by atoms with E-state index in [-0.39, 0.29) is 6.04 Å². The first-order chi connectivity index (χ1) is 9.61. The maximum Gasteiger partial charge on any atom is 0.119 e. The van der Waals surface area contributed by atoms with E-state index in [2.05, 4.69) is 47.8 Å². The Morgan fingerprint density at radius 1 is 1.30 bits per heavy atom. The minimum atomic E-state index is 0.264. The lowest BCUT2D eigenvalue weighted by atomic mass is 10.1. The molecule has 0 unspecified atom stereocenters. The van der Waals surface area contributed by atoms with Crippen LogP contribution in [0.1, 0.15) is 44.1 Å². The Morgan fingerprint density at radius 2 is 2.10 bits per heavy atom. The van der Waals surface area contributed by atoms with Gasteiger partial charge in [0.25, 0.3) is 0 Å². The van der Waals surface area contributed by atoms with Gasteiger partial charge in [0.1, 0.15) is 5.75 Å². The van der Waals surface area contributed by atoms with E-state index >= 15 is 0 Å². The minimum Gasteiger partial charge on any atom is -0.497 e.